The van der Waals surface area contributed by atoms with Crippen LogP contribution in [-0.4, -0.2) is 15.6 Å². The number of aromatic amines is 1. The molecule has 0 aliphatic heterocycles. The molecule has 1 atom stereocenters. The molecule has 0 bridgehead atoms. The molecule has 16 heavy (non-hydrogen) atoms. The fourth-order valence-corrected chi connectivity index (χ4v) is 2.04. The number of H-pyrrole nitrogens is 1. The quantitative estimate of drug-likeness (QED) is 0.663. The highest BCUT2D eigenvalue weighted by molar-refractivity contribution is 9.10. The zero-order valence-corrected chi connectivity index (χ0v) is 10.6. The van der Waals surface area contributed by atoms with Gasteiger partial charge in [0.25, 0.3) is 0 Å². The van der Waals surface area contributed by atoms with Gasteiger partial charge in [0, 0.05) is 22.2 Å². The van der Waals surface area contributed by atoms with Crippen LogP contribution in [0.1, 0.15) is 23.0 Å². The van der Waals surface area contributed by atoms with E-state index in [-0.39, 0.29) is 16.4 Å². The number of hydrogen-bond acceptors (Lipinski definition) is 1. The molecule has 0 saturated carbocycles. The summed E-state index contributed by atoms with van der Waals surface area (Å²) in [5, 5.41) is 0.647. The van der Waals surface area contributed by atoms with Crippen molar-refractivity contribution in [2.75, 3.05) is 0 Å². The van der Waals surface area contributed by atoms with Crippen LogP contribution in [0, 0.1) is 12.7 Å². The highest BCUT2D eigenvalue weighted by Crippen LogP contribution is 2.25. The number of aryl methyl sites for hydroxylation is 1. The first kappa shape index (κ1) is 11.3. The number of rotatable bonds is 2. The fraction of sp³-hybridized carbons (Fsp3) is 0.250. The zero-order chi connectivity index (χ0) is 11.9. The molecule has 1 aromatic heterocycles. The molecule has 2 nitrogen and oxygen atoms in total. The van der Waals surface area contributed by atoms with Crippen LogP contribution in [0.2, 0.25) is 0 Å². The van der Waals surface area contributed by atoms with E-state index in [9.17, 15) is 9.18 Å². The number of fused-ring (bicyclic) bond motifs is 1. The Labute approximate surface area is 101 Å². The molecule has 1 aromatic carbocycles. The standard InChI is InChI=1S/C12H11BrFNO/c1-6(13)12(16)11-7(2)15-10-4-3-8(14)5-9(10)11/h3-6,15H,1-2H3. The van der Waals surface area contributed by atoms with Gasteiger partial charge < -0.3 is 4.98 Å². The van der Waals surface area contributed by atoms with Crippen LogP contribution in [0.4, 0.5) is 4.39 Å². The van der Waals surface area contributed by atoms with Gasteiger partial charge in [0.15, 0.2) is 5.78 Å². The molecule has 4 heteroatoms. The zero-order valence-electron chi connectivity index (χ0n) is 8.97. The van der Waals surface area contributed by atoms with E-state index in [1.807, 2.05) is 6.92 Å². The summed E-state index contributed by atoms with van der Waals surface area (Å²) in [6.45, 7) is 3.58. The van der Waals surface area contributed by atoms with Gasteiger partial charge >= 0.3 is 0 Å². The van der Waals surface area contributed by atoms with Crippen LogP contribution in [-0.2, 0) is 0 Å². The Morgan fingerprint density at radius 3 is 2.81 bits per heavy atom. The number of Topliss-reactive ketones (excluding diaryl/α,β-unsaturated/α-hetero) is 1. The van der Waals surface area contributed by atoms with Gasteiger partial charge in [0.1, 0.15) is 5.82 Å². The van der Waals surface area contributed by atoms with E-state index in [1.54, 1.807) is 13.0 Å². The Hall–Kier alpha value is -1.16. The maximum Gasteiger partial charge on any atom is 0.178 e. The van der Waals surface area contributed by atoms with Crippen LogP contribution in [0.5, 0.6) is 0 Å². The Morgan fingerprint density at radius 1 is 1.50 bits per heavy atom. The topological polar surface area (TPSA) is 32.9 Å². The normalized spacial score (nSPS) is 13.0. The Morgan fingerprint density at radius 2 is 2.19 bits per heavy atom. The molecule has 0 aliphatic carbocycles. The average Bonchev–Trinajstić information content (AvgIpc) is 2.52. The van der Waals surface area contributed by atoms with Gasteiger partial charge in [-0.3, -0.25) is 4.79 Å². The van der Waals surface area contributed by atoms with Crippen LogP contribution >= 0.6 is 15.9 Å². The lowest BCUT2D eigenvalue weighted by molar-refractivity contribution is 0.0997. The summed E-state index contributed by atoms with van der Waals surface area (Å²) < 4.78 is 13.2. The average molecular weight is 284 g/mol. The largest absolute Gasteiger partial charge is 0.358 e. The minimum atomic E-state index is -0.331. The third kappa shape index (κ3) is 1.78. The molecule has 0 spiro atoms. The number of carbonyl (C=O) groups excluding carboxylic acids is 1. The SMILES string of the molecule is Cc1[nH]c2ccc(F)cc2c1C(=O)C(C)Br. The monoisotopic (exact) mass is 283 g/mol. The predicted octanol–water partition coefficient (Wildman–Crippen LogP) is 3.58. The van der Waals surface area contributed by atoms with Gasteiger partial charge in [-0.2, -0.15) is 0 Å². The van der Waals surface area contributed by atoms with Gasteiger partial charge in [-0.25, -0.2) is 4.39 Å². The van der Waals surface area contributed by atoms with Crippen molar-refractivity contribution in [3.8, 4) is 0 Å². The Kier molecular flexibility index (Phi) is 2.84. The second-order valence-corrected chi connectivity index (χ2v) is 5.17. The molecule has 2 rings (SSSR count). The summed E-state index contributed by atoms with van der Waals surface area (Å²) in [5.74, 6) is -0.364. The van der Waals surface area contributed by atoms with Crippen molar-refractivity contribution in [3.63, 3.8) is 0 Å². The Bertz CT molecular complexity index is 559. The number of benzene rings is 1. The molecule has 1 N–H and O–H groups in total. The van der Waals surface area contributed by atoms with Crippen molar-refractivity contribution in [3.05, 3.63) is 35.3 Å². The summed E-state index contributed by atoms with van der Waals surface area (Å²) in [7, 11) is 0. The van der Waals surface area contributed by atoms with Gasteiger partial charge in [0.05, 0.1) is 4.83 Å². The van der Waals surface area contributed by atoms with Gasteiger partial charge in [-0.05, 0) is 32.0 Å². The van der Waals surface area contributed by atoms with E-state index >= 15 is 0 Å². The second-order valence-electron chi connectivity index (χ2n) is 3.80. The van der Waals surface area contributed by atoms with E-state index in [0.29, 0.717) is 10.9 Å². The van der Waals surface area contributed by atoms with Crippen LogP contribution in [0.25, 0.3) is 10.9 Å². The molecular weight excluding hydrogens is 273 g/mol. The number of nitrogens with one attached hydrogen (secondary N) is 1. The summed E-state index contributed by atoms with van der Waals surface area (Å²) in [4.78, 5) is 14.8. The van der Waals surface area contributed by atoms with Gasteiger partial charge in [-0.15, -0.1) is 0 Å². The summed E-state index contributed by atoms with van der Waals surface area (Å²) >= 11 is 3.24. The van der Waals surface area contributed by atoms with Crippen molar-refractivity contribution in [1.29, 1.82) is 0 Å². The first-order chi connectivity index (χ1) is 7.50. The maximum atomic E-state index is 13.2. The molecule has 1 heterocycles. The highest BCUT2D eigenvalue weighted by atomic mass is 79.9. The molecule has 0 radical (unpaired) electrons. The highest BCUT2D eigenvalue weighted by Gasteiger charge is 2.19. The summed E-state index contributed by atoms with van der Waals surface area (Å²) in [5.41, 5.74) is 2.13. The van der Waals surface area contributed by atoms with E-state index in [4.69, 9.17) is 0 Å². The number of carbonyl (C=O) groups is 1. The lowest BCUT2D eigenvalue weighted by Gasteiger charge is -2.02. The molecule has 84 valence electrons. The lowest BCUT2D eigenvalue weighted by atomic mass is 10.1. The van der Waals surface area contributed by atoms with Gasteiger partial charge in [0.2, 0.25) is 0 Å². The number of alkyl halides is 1. The number of ketones is 1. The van der Waals surface area contributed by atoms with E-state index < -0.39 is 0 Å². The third-order valence-corrected chi connectivity index (χ3v) is 2.97. The van der Waals surface area contributed by atoms with E-state index in [2.05, 4.69) is 20.9 Å². The van der Waals surface area contributed by atoms with E-state index in [0.717, 1.165) is 11.2 Å². The lowest BCUT2D eigenvalue weighted by Crippen LogP contribution is -2.10. The molecule has 0 amide bonds. The van der Waals surface area contributed by atoms with Crippen molar-refractivity contribution in [2.24, 2.45) is 0 Å². The second kappa shape index (κ2) is 4.01. The minimum absolute atomic E-state index is 0.0330. The van der Waals surface area contributed by atoms with Crippen molar-refractivity contribution in [1.82, 2.24) is 4.98 Å². The molecule has 0 fully saturated rings. The number of aromatic nitrogens is 1. The third-order valence-electron chi connectivity index (χ3n) is 2.56. The van der Waals surface area contributed by atoms with Crippen molar-refractivity contribution >= 4 is 32.6 Å². The smallest absolute Gasteiger partial charge is 0.178 e. The van der Waals surface area contributed by atoms with E-state index in [1.165, 1.54) is 12.1 Å². The molecule has 1 unspecified atom stereocenters. The molecule has 0 aliphatic rings. The minimum Gasteiger partial charge on any atom is -0.358 e. The maximum absolute atomic E-state index is 13.2. The Balaban J connectivity index is 2.72. The first-order valence-electron chi connectivity index (χ1n) is 4.97. The molecule has 0 saturated heterocycles. The summed E-state index contributed by atoms with van der Waals surface area (Å²) in [6.07, 6.45) is 0. The fourth-order valence-electron chi connectivity index (χ4n) is 1.82. The summed E-state index contributed by atoms with van der Waals surface area (Å²) in [6, 6.07) is 4.42. The predicted molar refractivity (Wildman–Crippen MR) is 65.7 cm³/mol. The van der Waals surface area contributed by atoms with Crippen molar-refractivity contribution < 1.29 is 9.18 Å². The first-order valence-corrected chi connectivity index (χ1v) is 5.88. The number of hydrogen-bond donors (Lipinski definition) is 1. The van der Waals surface area contributed by atoms with Gasteiger partial charge in [-0.1, -0.05) is 15.9 Å². The van der Waals surface area contributed by atoms with Crippen LogP contribution in [0.3, 0.4) is 0 Å². The molecule has 2 aromatic rings. The van der Waals surface area contributed by atoms with Crippen LogP contribution < -0.4 is 0 Å². The molecular formula is C12H11BrFNO. The van der Waals surface area contributed by atoms with Crippen molar-refractivity contribution in [2.45, 2.75) is 18.7 Å². The van der Waals surface area contributed by atoms with Crippen LogP contribution in [0.15, 0.2) is 18.2 Å². The number of halogens is 2.